The minimum absolute atomic E-state index is 0.598. The Morgan fingerprint density at radius 1 is 0.962 bits per heavy atom. The fraction of sp³-hybridized carbons (Fsp3) is 0.435. The van der Waals surface area contributed by atoms with Gasteiger partial charge >= 0.3 is 0 Å². The van der Waals surface area contributed by atoms with E-state index in [1.54, 1.807) is 0 Å². The van der Waals surface area contributed by atoms with Crippen molar-refractivity contribution in [3.05, 3.63) is 51.0 Å². The topological polar surface area (TPSA) is 22.1 Å². The molecule has 0 spiro atoms. The summed E-state index contributed by atoms with van der Waals surface area (Å²) in [6, 6.07) is 6.57. The SMILES string of the molecule is CCC(CC)c1c(C)sc2c(Oc3c(C)cc(C)cc3C)nc(C)cc12. The quantitative estimate of drug-likeness (QED) is 0.465. The molecule has 0 amide bonds. The number of nitrogens with zero attached hydrogens (tertiary/aromatic N) is 1. The van der Waals surface area contributed by atoms with Crippen LogP contribution < -0.4 is 4.74 Å². The lowest BCUT2D eigenvalue weighted by atomic mass is 9.92. The summed E-state index contributed by atoms with van der Waals surface area (Å²) in [4.78, 5) is 6.15. The Balaban J connectivity index is 2.18. The Hall–Kier alpha value is -1.87. The fourth-order valence-electron chi connectivity index (χ4n) is 4.03. The van der Waals surface area contributed by atoms with Gasteiger partial charge < -0.3 is 4.74 Å². The predicted molar refractivity (Wildman–Crippen MR) is 113 cm³/mol. The van der Waals surface area contributed by atoms with Crippen LogP contribution in [0.1, 0.15) is 65.4 Å². The Morgan fingerprint density at radius 2 is 1.58 bits per heavy atom. The summed E-state index contributed by atoms with van der Waals surface area (Å²) in [6.45, 7) is 15.2. The number of hydrogen-bond donors (Lipinski definition) is 0. The van der Waals surface area contributed by atoms with Gasteiger partial charge in [-0.05, 0) is 76.1 Å². The van der Waals surface area contributed by atoms with Crippen LogP contribution in [0.25, 0.3) is 10.1 Å². The minimum Gasteiger partial charge on any atom is -0.437 e. The number of thiophene rings is 1. The molecule has 0 saturated carbocycles. The lowest BCUT2D eigenvalue weighted by molar-refractivity contribution is 0.461. The highest BCUT2D eigenvalue weighted by Crippen LogP contribution is 2.43. The molecule has 0 fully saturated rings. The first-order valence-corrected chi connectivity index (χ1v) is 10.3. The van der Waals surface area contributed by atoms with Crippen molar-refractivity contribution < 1.29 is 4.74 Å². The van der Waals surface area contributed by atoms with Gasteiger partial charge in [0.05, 0.1) is 4.70 Å². The van der Waals surface area contributed by atoms with Crippen LogP contribution in [0.4, 0.5) is 0 Å². The molecule has 2 aromatic heterocycles. The first kappa shape index (κ1) is 18.9. The highest BCUT2D eigenvalue weighted by molar-refractivity contribution is 7.19. The number of pyridine rings is 1. The van der Waals surface area contributed by atoms with E-state index >= 15 is 0 Å². The van der Waals surface area contributed by atoms with Crippen molar-refractivity contribution in [3.63, 3.8) is 0 Å². The van der Waals surface area contributed by atoms with Gasteiger partial charge in [-0.3, -0.25) is 0 Å². The number of hydrogen-bond acceptors (Lipinski definition) is 3. The summed E-state index contributed by atoms with van der Waals surface area (Å²) in [5.41, 5.74) is 6.08. The average molecular weight is 368 g/mol. The number of aromatic nitrogens is 1. The zero-order valence-electron chi connectivity index (χ0n) is 17.0. The van der Waals surface area contributed by atoms with E-state index in [-0.39, 0.29) is 0 Å². The molecule has 0 radical (unpaired) electrons. The van der Waals surface area contributed by atoms with Gasteiger partial charge in [0.25, 0.3) is 0 Å². The third-order valence-corrected chi connectivity index (χ3v) is 6.32. The van der Waals surface area contributed by atoms with E-state index < -0.39 is 0 Å². The van der Waals surface area contributed by atoms with Crippen molar-refractivity contribution >= 4 is 21.4 Å². The Labute approximate surface area is 161 Å². The first-order valence-electron chi connectivity index (χ1n) is 9.52. The minimum atomic E-state index is 0.598. The van der Waals surface area contributed by atoms with Crippen LogP contribution in [0.2, 0.25) is 0 Å². The number of rotatable bonds is 5. The third kappa shape index (κ3) is 3.37. The standard InChI is InChI=1S/C23H29NOS/c1-8-18(9-2)20-17(7)26-22-19(20)12-16(6)24-23(22)25-21-14(4)10-13(3)11-15(21)5/h10-12,18H,8-9H2,1-7H3. The van der Waals surface area contributed by atoms with Gasteiger partial charge in [-0.2, -0.15) is 0 Å². The van der Waals surface area contributed by atoms with Crippen molar-refractivity contribution in [1.29, 1.82) is 0 Å². The molecule has 2 nitrogen and oxygen atoms in total. The van der Waals surface area contributed by atoms with Crippen LogP contribution in [0.15, 0.2) is 18.2 Å². The lowest BCUT2D eigenvalue weighted by Gasteiger charge is -2.15. The molecule has 0 unspecified atom stereocenters. The summed E-state index contributed by atoms with van der Waals surface area (Å²) < 4.78 is 7.58. The predicted octanol–water partition coefficient (Wildman–Crippen LogP) is 7.53. The zero-order valence-corrected chi connectivity index (χ0v) is 17.8. The Kier molecular flexibility index (Phi) is 5.38. The molecule has 138 valence electrons. The summed E-state index contributed by atoms with van der Waals surface area (Å²) in [5.74, 6) is 2.28. The van der Waals surface area contributed by atoms with Gasteiger partial charge in [0, 0.05) is 16.0 Å². The van der Waals surface area contributed by atoms with Crippen molar-refractivity contribution in [2.24, 2.45) is 0 Å². The second kappa shape index (κ2) is 7.40. The average Bonchev–Trinajstić information content (AvgIpc) is 2.89. The van der Waals surface area contributed by atoms with Crippen LogP contribution in [0, 0.1) is 34.6 Å². The molecule has 0 N–H and O–H groups in total. The number of fused-ring (bicyclic) bond motifs is 1. The molecule has 0 aliphatic rings. The van der Waals surface area contributed by atoms with E-state index in [0.29, 0.717) is 5.92 Å². The van der Waals surface area contributed by atoms with Gasteiger partial charge in [-0.1, -0.05) is 31.5 Å². The molecule has 26 heavy (non-hydrogen) atoms. The maximum absolute atomic E-state index is 6.40. The number of ether oxygens (including phenoxy) is 1. The molecule has 0 atom stereocenters. The maximum Gasteiger partial charge on any atom is 0.237 e. The molecular weight excluding hydrogens is 338 g/mol. The monoisotopic (exact) mass is 367 g/mol. The molecule has 0 saturated heterocycles. The molecule has 0 aliphatic carbocycles. The van der Waals surface area contributed by atoms with Crippen molar-refractivity contribution in [3.8, 4) is 11.6 Å². The van der Waals surface area contributed by atoms with Crippen molar-refractivity contribution in [2.75, 3.05) is 0 Å². The maximum atomic E-state index is 6.40. The summed E-state index contributed by atoms with van der Waals surface area (Å²) in [7, 11) is 0. The van der Waals surface area contributed by atoms with E-state index in [9.17, 15) is 0 Å². The highest BCUT2D eigenvalue weighted by Gasteiger charge is 2.21. The summed E-state index contributed by atoms with van der Waals surface area (Å²) in [5, 5.41) is 1.33. The zero-order chi connectivity index (χ0) is 19.0. The molecule has 3 heteroatoms. The third-order valence-electron chi connectivity index (χ3n) is 5.19. The second-order valence-corrected chi connectivity index (χ2v) is 8.59. The largest absolute Gasteiger partial charge is 0.437 e. The van der Waals surface area contributed by atoms with Gasteiger partial charge in [-0.15, -0.1) is 11.3 Å². The van der Waals surface area contributed by atoms with Crippen molar-refractivity contribution in [1.82, 2.24) is 4.98 Å². The summed E-state index contributed by atoms with van der Waals surface area (Å²) in [6.07, 6.45) is 2.33. The van der Waals surface area contributed by atoms with Gasteiger partial charge in [-0.25, -0.2) is 4.98 Å². The molecular formula is C23H29NOS. The van der Waals surface area contributed by atoms with Crippen LogP contribution in [0.5, 0.6) is 11.6 Å². The fourth-order valence-corrected chi connectivity index (χ4v) is 5.17. The Morgan fingerprint density at radius 3 is 2.15 bits per heavy atom. The first-order chi connectivity index (χ1) is 12.3. The molecule has 3 rings (SSSR count). The van der Waals surface area contributed by atoms with Crippen molar-refractivity contribution in [2.45, 2.75) is 67.2 Å². The summed E-state index contributed by atoms with van der Waals surface area (Å²) >= 11 is 1.82. The van der Waals surface area contributed by atoms with E-state index in [4.69, 9.17) is 9.72 Å². The molecule has 0 bridgehead atoms. The Bertz CT molecular complexity index is 927. The van der Waals surface area contributed by atoms with Crippen LogP contribution in [0.3, 0.4) is 0 Å². The van der Waals surface area contributed by atoms with Crippen LogP contribution >= 0.6 is 11.3 Å². The van der Waals surface area contributed by atoms with Crippen LogP contribution in [-0.4, -0.2) is 4.98 Å². The van der Waals surface area contributed by atoms with E-state index in [2.05, 4.69) is 66.7 Å². The van der Waals surface area contributed by atoms with E-state index in [1.807, 2.05) is 11.3 Å². The molecule has 1 aromatic carbocycles. The van der Waals surface area contributed by atoms with Gasteiger partial charge in [0.15, 0.2) is 0 Å². The molecule has 2 heterocycles. The molecule has 3 aromatic rings. The molecule has 0 aliphatic heterocycles. The smallest absolute Gasteiger partial charge is 0.237 e. The van der Waals surface area contributed by atoms with Gasteiger partial charge in [0.2, 0.25) is 5.88 Å². The van der Waals surface area contributed by atoms with Crippen LogP contribution in [-0.2, 0) is 0 Å². The van der Waals surface area contributed by atoms with E-state index in [0.717, 1.165) is 41.3 Å². The van der Waals surface area contributed by atoms with E-state index in [1.165, 1.54) is 26.1 Å². The number of aryl methyl sites for hydroxylation is 5. The second-order valence-electron chi connectivity index (χ2n) is 7.36. The number of benzene rings is 1. The highest BCUT2D eigenvalue weighted by atomic mass is 32.1. The van der Waals surface area contributed by atoms with Gasteiger partial charge in [0.1, 0.15) is 5.75 Å². The normalized spacial score (nSPS) is 11.5. The lowest BCUT2D eigenvalue weighted by Crippen LogP contribution is -1.98.